The zero-order valence-corrected chi connectivity index (χ0v) is 11.7. The summed E-state index contributed by atoms with van der Waals surface area (Å²) < 4.78 is 0. The Morgan fingerprint density at radius 3 is 2.88 bits per heavy atom. The molecular formula is C12H22N2O2S. The minimum atomic E-state index is -0.0329. The van der Waals surface area contributed by atoms with Gasteiger partial charge >= 0.3 is 0 Å². The Labute approximate surface area is 108 Å². The lowest BCUT2D eigenvalue weighted by molar-refractivity contribution is -0.137. The number of hydrogen-bond acceptors (Lipinski definition) is 3. The Morgan fingerprint density at radius 1 is 1.65 bits per heavy atom. The van der Waals surface area contributed by atoms with Gasteiger partial charge in [-0.2, -0.15) is 11.8 Å². The van der Waals surface area contributed by atoms with Gasteiger partial charge in [-0.25, -0.2) is 0 Å². The molecule has 2 unspecified atom stereocenters. The predicted octanol–water partition coefficient (Wildman–Crippen LogP) is 1.11. The molecule has 2 atom stereocenters. The van der Waals surface area contributed by atoms with Crippen LogP contribution in [-0.2, 0) is 9.59 Å². The molecule has 17 heavy (non-hydrogen) atoms. The van der Waals surface area contributed by atoms with E-state index < -0.39 is 0 Å². The highest BCUT2D eigenvalue weighted by molar-refractivity contribution is 7.98. The van der Waals surface area contributed by atoms with Gasteiger partial charge in [-0.05, 0) is 31.8 Å². The van der Waals surface area contributed by atoms with Crippen LogP contribution < -0.4 is 5.32 Å². The van der Waals surface area contributed by atoms with Crippen LogP contribution in [0.4, 0.5) is 0 Å². The summed E-state index contributed by atoms with van der Waals surface area (Å²) in [5.41, 5.74) is 0. The van der Waals surface area contributed by atoms with Gasteiger partial charge in [0.15, 0.2) is 0 Å². The molecule has 1 aliphatic heterocycles. The molecule has 0 aromatic heterocycles. The molecule has 1 N–H and O–H groups in total. The molecule has 2 amide bonds. The molecule has 5 heteroatoms. The third-order valence-corrected chi connectivity index (χ3v) is 4.01. The molecule has 1 aliphatic rings. The molecule has 0 aromatic carbocycles. The number of carbonyl (C=O) groups excluding carboxylic acids is 2. The number of piperidine rings is 1. The summed E-state index contributed by atoms with van der Waals surface area (Å²) in [4.78, 5) is 25.0. The zero-order valence-electron chi connectivity index (χ0n) is 10.9. The first-order chi connectivity index (χ1) is 8.06. The van der Waals surface area contributed by atoms with Gasteiger partial charge < -0.3 is 10.2 Å². The third kappa shape index (κ3) is 4.22. The third-order valence-electron chi connectivity index (χ3n) is 3.36. The molecule has 1 fully saturated rings. The van der Waals surface area contributed by atoms with Crippen LogP contribution in [0.5, 0.6) is 0 Å². The summed E-state index contributed by atoms with van der Waals surface area (Å²) in [6.45, 7) is 2.58. The van der Waals surface area contributed by atoms with Crippen LogP contribution in [0, 0.1) is 5.92 Å². The quantitative estimate of drug-likeness (QED) is 0.804. The lowest BCUT2D eigenvalue weighted by Crippen LogP contribution is -2.46. The van der Waals surface area contributed by atoms with Crippen molar-refractivity contribution in [3.63, 3.8) is 0 Å². The molecule has 1 heterocycles. The molecule has 0 saturated carbocycles. The number of carbonyl (C=O) groups is 2. The monoisotopic (exact) mass is 258 g/mol. The van der Waals surface area contributed by atoms with E-state index in [-0.39, 0.29) is 23.8 Å². The molecule has 0 aromatic rings. The number of amides is 2. The Morgan fingerprint density at radius 2 is 2.35 bits per heavy atom. The van der Waals surface area contributed by atoms with Crippen molar-refractivity contribution in [1.29, 1.82) is 0 Å². The average molecular weight is 258 g/mol. The van der Waals surface area contributed by atoms with E-state index in [9.17, 15) is 9.59 Å². The maximum atomic E-state index is 12.2. The number of nitrogens with one attached hydrogen (secondary N) is 1. The minimum Gasteiger partial charge on any atom is -0.355 e. The second-order valence-corrected chi connectivity index (χ2v) is 5.60. The van der Waals surface area contributed by atoms with Crippen LogP contribution >= 0.6 is 11.8 Å². The second-order valence-electron chi connectivity index (χ2n) is 4.62. The van der Waals surface area contributed by atoms with E-state index in [1.54, 1.807) is 11.8 Å². The van der Waals surface area contributed by atoms with Gasteiger partial charge in [-0.3, -0.25) is 9.59 Å². The fraction of sp³-hybridized carbons (Fsp3) is 0.833. The van der Waals surface area contributed by atoms with Crippen molar-refractivity contribution in [2.45, 2.75) is 32.2 Å². The predicted molar refractivity (Wildman–Crippen MR) is 71.0 cm³/mol. The first kappa shape index (κ1) is 14.4. The number of nitrogens with zero attached hydrogens (tertiary/aromatic N) is 1. The molecule has 1 rings (SSSR count). The first-order valence-electron chi connectivity index (χ1n) is 6.08. The maximum absolute atomic E-state index is 12.2. The highest BCUT2D eigenvalue weighted by Crippen LogP contribution is 2.16. The zero-order chi connectivity index (χ0) is 12.8. The van der Waals surface area contributed by atoms with E-state index in [1.165, 1.54) is 0 Å². The summed E-state index contributed by atoms with van der Waals surface area (Å²) in [5.74, 6) is 1.26. The van der Waals surface area contributed by atoms with Gasteiger partial charge in [0.2, 0.25) is 11.8 Å². The topological polar surface area (TPSA) is 49.4 Å². The lowest BCUT2D eigenvalue weighted by Gasteiger charge is -2.30. The molecule has 0 aliphatic carbocycles. The molecule has 0 radical (unpaired) electrons. The molecule has 98 valence electrons. The highest BCUT2D eigenvalue weighted by atomic mass is 32.2. The van der Waals surface area contributed by atoms with E-state index >= 15 is 0 Å². The number of thioether (sulfide) groups is 1. The van der Waals surface area contributed by atoms with Crippen molar-refractivity contribution in [3.05, 3.63) is 0 Å². The van der Waals surface area contributed by atoms with Crippen molar-refractivity contribution in [1.82, 2.24) is 10.2 Å². The van der Waals surface area contributed by atoms with Gasteiger partial charge in [0.25, 0.3) is 0 Å². The largest absolute Gasteiger partial charge is 0.355 e. The first-order valence-corrected chi connectivity index (χ1v) is 7.48. The molecule has 0 bridgehead atoms. The van der Waals surface area contributed by atoms with Crippen LogP contribution in [0.1, 0.15) is 26.2 Å². The Kier molecular flexibility index (Phi) is 5.82. The fourth-order valence-electron chi connectivity index (χ4n) is 1.93. The molecule has 4 nitrogen and oxygen atoms in total. The average Bonchev–Trinajstić information content (AvgIpc) is 2.35. The van der Waals surface area contributed by atoms with Crippen molar-refractivity contribution in [2.75, 3.05) is 25.6 Å². The van der Waals surface area contributed by atoms with Crippen LogP contribution in [0.25, 0.3) is 0 Å². The van der Waals surface area contributed by atoms with Gasteiger partial charge in [0.1, 0.15) is 0 Å². The van der Waals surface area contributed by atoms with Crippen LogP contribution in [0.3, 0.4) is 0 Å². The van der Waals surface area contributed by atoms with E-state index in [2.05, 4.69) is 18.5 Å². The van der Waals surface area contributed by atoms with Crippen LogP contribution in [-0.4, -0.2) is 48.4 Å². The normalized spacial score (nSPS) is 21.8. The van der Waals surface area contributed by atoms with Crippen molar-refractivity contribution in [3.8, 4) is 0 Å². The molecular weight excluding hydrogens is 236 g/mol. The Balaban J connectivity index is 2.42. The van der Waals surface area contributed by atoms with Crippen molar-refractivity contribution >= 4 is 23.6 Å². The van der Waals surface area contributed by atoms with E-state index in [0.29, 0.717) is 19.4 Å². The van der Waals surface area contributed by atoms with Gasteiger partial charge in [-0.1, -0.05) is 0 Å². The summed E-state index contributed by atoms with van der Waals surface area (Å²) in [5, 5.41) is 2.76. The SMILES string of the molecule is CSCCC(C)N(C)C(=O)C1CCC(=O)NC1. The van der Waals surface area contributed by atoms with Crippen molar-refractivity contribution in [2.24, 2.45) is 5.92 Å². The molecule has 1 saturated heterocycles. The summed E-state index contributed by atoms with van der Waals surface area (Å²) >= 11 is 1.80. The smallest absolute Gasteiger partial charge is 0.227 e. The highest BCUT2D eigenvalue weighted by Gasteiger charge is 2.28. The minimum absolute atomic E-state index is 0.0329. The number of rotatable bonds is 5. The van der Waals surface area contributed by atoms with Crippen molar-refractivity contribution < 1.29 is 9.59 Å². The number of hydrogen-bond donors (Lipinski definition) is 1. The van der Waals surface area contributed by atoms with Gasteiger partial charge in [-0.15, -0.1) is 0 Å². The maximum Gasteiger partial charge on any atom is 0.227 e. The van der Waals surface area contributed by atoms with E-state index in [0.717, 1.165) is 12.2 Å². The standard InChI is InChI=1S/C12H22N2O2S/c1-9(6-7-17-3)14(2)12(16)10-4-5-11(15)13-8-10/h9-10H,4-8H2,1-3H3,(H,13,15). The van der Waals surface area contributed by atoms with Gasteiger partial charge in [0, 0.05) is 26.1 Å². The summed E-state index contributed by atoms with van der Waals surface area (Å²) in [7, 11) is 1.86. The summed E-state index contributed by atoms with van der Waals surface area (Å²) in [6, 6.07) is 0.271. The molecule has 0 spiro atoms. The van der Waals surface area contributed by atoms with E-state index in [1.807, 2.05) is 11.9 Å². The van der Waals surface area contributed by atoms with E-state index in [4.69, 9.17) is 0 Å². The van der Waals surface area contributed by atoms with Gasteiger partial charge in [0.05, 0.1) is 5.92 Å². The fourth-order valence-corrected chi connectivity index (χ4v) is 2.51. The van der Waals surface area contributed by atoms with Crippen LogP contribution in [0.15, 0.2) is 0 Å². The Hall–Kier alpha value is -0.710. The lowest BCUT2D eigenvalue weighted by atomic mass is 9.97. The second kappa shape index (κ2) is 6.89. The Bertz CT molecular complexity index is 274. The van der Waals surface area contributed by atoms with Crippen LogP contribution in [0.2, 0.25) is 0 Å². The summed E-state index contributed by atoms with van der Waals surface area (Å²) in [6.07, 6.45) is 4.25.